The molecule has 0 bridgehead atoms. The fourth-order valence-electron chi connectivity index (χ4n) is 3.67. The van der Waals surface area contributed by atoms with Crippen molar-refractivity contribution in [1.82, 2.24) is 14.2 Å². The van der Waals surface area contributed by atoms with E-state index in [1.54, 1.807) is 23.5 Å². The van der Waals surface area contributed by atoms with Gasteiger partial charge in [-0.05, 0) is 38.3 Å². The van der Waals surface area contributed by atoms with Crippen molar-refractivity contribution in [3.8, 4) is 0 Å². The lowest BCUT2D eigenvalue weighted by Crippen LogP contribution is -2.30. The molecule has 0 aliphatic carbocycles. The molecule has 2 aliphatic rings. The quantitative estimate of drug-likeness (QED) is 0.754. The molecule has 0 N–H and O–H groups in total. The smallest absolute Gasteiger partial charge is 0.276 e. The van der Waals surface area contributed by atoms with E-state index >= 15 is 0 Å². The third kappa shape index (κ3) is 4.21. The summed E-state index contributed by atoms with van der Waals surface area (Å²) in [5.74, 6) is 0.714. The second kappa shape index (κ2) is 7.90. The van der Waals surface area contributed by atoms with Crippen molar-refractivity contribution in [2.24, 2.45) is 0 Å². The molecule has 4 heterocycles. The number of aryl methyl sites for hydroxylation is 1. The first kappa shape index (κ1) is 18.9. The molecular weight excluding hydrogens is 384 g/mol. The molecule has 2 aromatic rings. The average Bonchev–Trinajstić information content (AvgIpc) is 3.37. The fourth-order valence-corrected chi connectivity index (χ4v) is 5.97. The molecule has 9 heteroatoms. The summed E-state index contributed by atoms with van der Waals surface area (Å²) in [5, 5.41) is 3.25. The van der Waals surface area contributed by atoms with Crippen LogP contribution < -0.4 is 4.90 Å². The van der Waals surface area contributed by atoms with Gasteiger partial charge in [0.25, 0.3) is 10.0 Å². The first-order valence-corrected chi connectivity index (χ1v) is 11.8. The molecule has 2 fully saturated rings. The van der Waals surface area contributed by atoms with E-state index in [9.17, 15) is 8.42 Å². The maximum atomic E-state index is 12.6. The molecule has 2 aliphatic heterocycles. The van der Waals surface area contributed by atoms with E-state index in [1.807, 2.05) is 6.92 Å². The van der Waals surface area contributed by atoms with Gasteiger partial charge in [-0.3, -0.25) is 4.90 Å². The number of rotatable bonds is 5. The minimum atomic E-state index is -3.48. The normalized spacial score (nSPS) is 20.3. The maximum absolute atomic E-state index is 12.6. The van der Waals surface area contributed by atoms with Crippen LogP contribution in [-0.4, -0.2) is 61.9 Å². The summed E-state index contributed by atoms with van der Waals surface area (Å²) in [4.78, 5) is 9.25. The van der Waals surface area contributed by atoms with Crippen LogP contribution in [0.15, 0.2) is 27.0 Å². The van der Waals surface area contributed by atoms with E-state index in [2.05, 4.69) is 20.2 Å². The van der Waals surface area contributed by atoms with Crippen molar-refractivity contribution in [2.45, 2.75) is 37.8 Å². The minimum absolute atomic E-state index is 0.0779. The Morgan fingerprint density at radius 3 is 2.63 bits per heavy atom. The van der Waals surface area contributed by atoms with Crippen LogP contribution in [0.25, 0.3) is 0 Å². The Hall–Kier alpha value is -1.42. The van der Waals surface area contributed by atoms with Gasteiger partial charge in [0.15, 0.2) is 5.13 Å². The van der Waals surface area contributed by atoms with Crippen molar-refractivity contribution in [3.63, 3.8) is 0 Å². The highest BCUT2D eigenvalue weighted by Gasteiger charge is 2.30. The summed E-state index contributed by atoms with van der Waals surface area (Å²) in [6, 6.07) is 3.40. The van der Waals surface area contributed by atoms with Gasteiger partial charge in [-0.25, -0.2) is 13.4 Å². The summed E-state index contributed by atoms with van der Waals surface area (Å²) in [6.07, 6.45) is 2.91. The molecule has 2 aromatic heterocycles. The molecule has 27 heavy (non-hydrogen) atoms. The fraction of sp³-hybridized carbons (Fsp3) is 0.611. The molecule has 4 rings (SSSR count). The number of hydrogen-bond acceptors (Lipinski definition) is 7. The third-order valence-corrected chi connectivity index (χ3v) is 7.93. The molecule has 0 aromatic carbocycles. The van der Waals surface area contributed by atoms with Gasteiger partial charge >= 0.3 is 0 Å². The molecule has 0 unspecified atom stereocenters. The van der Waals surface area contributed by atoms with E-state index in [0.29, 0.717) is 25.4 Å². The largest absolute Gasteiger partial charge is 0.447 e. The van der Waals surface area contributed by atoms with Crippen LogP contribution in [-0.2, 0) is 16.6 Å². The zero-order valence-corrected chi connectivity index (χ0v) is 17.3. The summed E-state index contributed by atoms with van der Waals surface area (Å²) in [6.45, 7) is 7.65. The Balaban J connectivity index is 1.38. The number of anilines is 1. The van der Waals surface area contributed by atoms with Gasteiger partial charge in [0, 0.05) is 44.6 Å². The van der Waals surface area contributed by atoms with Crippen molar-refractivity contribution in [1.29, 1.82) is 0 Å². The van der Waals surface area contributed by atoms with Crippen molar-refractivity contribution < 1.29 is 12.8 Å². The summed E-state index contributed by atoms with van der Waals surface area (Å²) < 4.78 is 32.5. The lowest BCUT2D eigenvalue weighted by Gasteiger charge is -2.20. The second-order valence-electron chi connectivity index (χ2n) is 7.22. The lowest BCUT2D eigenvalue weighted by molar-refractivity contribution is 0.250. The number of aromatic nitrogens is 1. The Morgan fingerprint density at radius 2 is 1.89 bits per heavy atom. The predicted molar refractivity (Wildman–Crippen MR) is 106 cm³/mol. The summed E-state index contributed by atoms with van der Waals surface area (Å²) in [5.41, 5.74) is 1.07. The SMILES string of the molecule is Cc1csc(N2CCCN(Cc3ccc(S(=O)(=O)N4CCCC4)o3)CC2)n1. The van der Waals surface area contributed by atoms with E-state index in [-0.39, 0.29) is 5.09 Å². The van der Waals surface area contributed by atoms with Crippen LogP contribution in [0.2, 0.25) is 0 Å². The summed E-state index contributed by atoms with van der Waals surface area (Å²) >= 11 is 1.70. The summed E-state index contributed by atoms with van der Waals surface area (Å²) in [7, 11) is -3.48. The Kier molecular flexibility index (Phi) is 5.54. The van der Waals surface area contributed by atoms with Crippen molar-refractivity contribution in [3.05, 3.63) is 29.0 Å². The molecule has 0 atom stereocenters. The van der Waals surface area contributed by atoms with Gasteiger partial charge in [0.2, 0.25) is 5.09 Å². The van der Waals surface area contributed by atoms with Crippen LogP contribution in [0.3, 0.4) is 0 Å². The molecule has 0 radical (unpaired) electrons. The first-order valence-electron chi connectivity index (χ1n) is 9.51. The molecule has 148 valence electrons. The highest BCUT2D eigenvalue weighted by Crippen LogP contribution is 2.24. The average molecular weight is 411 g/mol. The van der Waals surface area contributed by atoms with Gasteiger partial charge in [0.1, 0.15) is 5.76 Å². The molecular formula is C18H26N4O3S2. The molecule has 0 amide bonds. The third-order valence-electron chi connectivity index (χ3n) is 5.14. The van der Waals surface area contributed by atoms with Crippen LogP contribution >= 0.6 is 11.3 Å². The van der Waals surface area contributed by atoms with Crippen molar-refractivity contribution in [2.75, 3.05) is 44.2 Å². The van der Waals surface area contributed by atoms with E-state index in [1.165, 1.54) is 4.31 Å². The van der Waals surface area contributed by atoms with Crippen LogP contribution in [0.1, 0.15) is 30.7 Å². The minimum Gasteiger partial charge on any atom is -0.447 e. The van der Waals surface area contributed by atoms with Gasteiger partial charge in [-0.1, -0.05) is 0 Å². The lowest BCUT2D eigenvalue weighted by atomic mass is 10.3. The van der Waals surface area contributed by atoms with E-state index in [4.69, 9.17) is 4.42 Å². The highest BCUT2D eigenvalue weighted by molar-refractivity contribution is 7.89. The Bertz CT molecular complexity index is 871. The van der Waals surface area contributed by atoms with Crippen LogP contribution in [0.5, 0.6) is 0 Å². The molecule has 7 nitrogen and oxygen atoms in total. The molecule has 0 spiro atoms. The first-order chi connectivity index (χ1) is 13.0. The number of hydrogen-bond donors (Lipinski definition) is 0. The van der Waals surface area contributed by atoms with Crippen LogP contribution in [0.4, 0.5) is 5.13 Å². The predicted octanol–water partition coefficient (Wildman–Crippen LogP) is 2.54. The zero-order valence-electron chi connectivity index (χ0n) is 15.6. The standard InChI is InChI=1S/C18H26N4O3S2/c1-15-14-26-18(19-15)21-8-4-7-20(11-12-21)13-16-5-6-17(25-16)27(23,24)22-9-2-3-10-22/h5-6,14H,2-4,7-13H2,1H3. The number of nitrogens with zero attached hydrogens (tertiary/aromatic N) is 4. The van der Waals surface area contributed by atoms with Crippen molar-refractivity contribution >= 4 is 26.5 Å². The van der Waals surface area contributed by atoms with Gasteiger partial charge < -0.3 is 9.32 Å². The topological polar surface area (TPSA) is 69.9 Å². The van der Waals surface area contributed by atoms with Gasteiger partial charge in [-0.2, -0.15) is 4.31 Å². The number of thiazole rings is 1. The Morgan fingerprint density at radius 1 is 1.07 bits per heavy atom. The monoisotopic (exact) mass is 410 g/mol. The zero-order chi connectivity index (χ0) is 18.9. The van der Waals surface area contributed by atoms with E-state index in [0.717, 1.165) is 56.3 Å². The maximum Gasteiger partial charge on any atom is 0.276 e. The molecule has 0 saturated carbocycles. The van der Waals surface area contributed by atoms with Gasteiger partial charge in [0.05, 0.1) is 12.2 Å². The Labute approximate surface area is 164 Å². The van der Waals surface area contributed by atoms with Crippen LogP contribution in [0, 0.1) is 6.92 Å². The molecule has 2 saturated heterocycles. The van der Waals surface area contributed by atoms with Gasteiger partial charge in [-0.15, -0.1) is 11.3 Å². The number of sulfonamides is 1. The van der Waals surface area contributed by atoms with E-state index < -0.39 is 10.0 Å². The highest BCUT2D eigenvalue weighted by atomic mass is 32.2. The number of furan rings is 1. The second-order valence-corrected chi connectivity index (χ2v) is 9.93.